The molecule has 5 heteroatoms. The molecular weight excluding hydrogens is 388 g/mol. The molecule has 31 heavy (non-hydrogen) atoms. The van der Waals surface area contributed by atoms with Crippen molar-refractivity contribution < 1.29 is 14.3 Å². The van der Waals surface area contributed by atoms with Gasteiger partial charge in [-0.3, -0.25) is 9.59 Å². The quantitative estimate of drug-likeness (QED) is 0.611. The number of rotatable bonds is 4. The Morgan fingerprint density at radius 1 is 1.06 bits per heavy atom. The average molecular weight is 417 g/mol. The lowest BCUT2D eigenvalue weighted by Crippen LogP contribution is -2.43. The van der Waals surface area contributed by atoms with Crippen molar-refractivity contribution in [2.24, 2.45) is 11.3 Å². The maximum Gasteiger partial charge on any atom is 0.255 e. The molecule has 1 aliphatic heterocycles. The molecule has 0 unspecified atom stereocenters. The second-order valence-corrected chi connectivity index (χ2v) is 9.18. The molecule has 0 spiro atoms. The molecular formula is C26H28N2O3. The largest absolute Gasteiger partial charge is 0.490 e. The van der Waals surface area contributed by atoms with E-state index in [1.165, 1.54) is 0 Å². The first-order valence-corrected chi connectivity index (χ1v) is 10.6. The van der Waals surface area contributed by atoms with E-state index in [0.717, 1.165) is 10.8 Å². The fraction of sp³-hybridized carbons (Fsp3) is 0.308. The van der Waals surface area contributed by atoms with Crippen molar-refractivity contribution in [3.8, 4) is 5.75 Å². The first-order chi connectivity index (χ1) is 14.7. The highest BCUT2D eigenvalue weighted by atomic mass is 16.5. The van der Waals surface area contributed by atoms with Crippen LogP contribution in [0.1, 0.15) is 38.1 Å². The standard InChI is InChI=1S/C26H28N2O3/c1-17(2)15-28-22-14-21(11-12-23(22)31-16-26(3,4)25(28)30)27-24(29)20-10-9-18-7-5-6-8-19(18)13-20/h5-14,17H,15-16H2,1-4H3,(H,27,29). The summed E-state index contributed by atoms with van der Waals surface area (Å²) in [5.74, 6) is 0.782. The number of anilines is 2. The van der Waals surface area contributed by atoms with E-state index in [0.29, 0.717) is 41.8 Å². The maximum absolute atomic E-state index is 13.2. The molecule has 0 atom stereocenters. The lowest BCUT2D eigenvalue weighted by molar-refractivity contribution is -0.127. The number of fused-ring (bicyclic) bond motifs is 2. The van der Waals surface area contributed by atoms with Crippen LogP contribution >= 0.6 is 0 Å². The van der Waals surface area contributed by atoms with Gasteiger partial charge in [-0.25, -0.2) is 0 Å². The number of nitrogens with zero attached hydrogens (tertiary/aromatic N) is 1. The summed E-state index contributed by atoms with van der Waals surface area (Å²) in [6.45, 7) is 8.86. The molecule has 0 aromatic heterocycles. The normalized spacial score (nSPS) is 15.4. The van der Waals surface area contributed by atoms with E-state index < -0.39 is 5.41 Å². The van der Waals surface area contributed by atoms with Crippen LogP contribution in [-0.4, -0.2) is 25.0 Å². The average Bonchev–Trinajstić information content (AvgIpc) is 2.83. The summed E-state index contributed by atoms with van der Waals surface area (Å²) in [5, 5.41) is 5.08. The summed E-state index contributed by atoms with van der Waals surface area (Å²) in [6, 6.07) is 19.1. The highest BCUT2D eigenvalue weighted by Gasteiger charge is 2.38. The van der Waals surface area contributed by atoms with E-state index in [9.17, 15) is 9.59 Å². The van der Waals surface area contributed by atoms with Gasteiger partial charge in [-0.15, -0.1) is 0 Å². The Hall–Kier alpha value is -3.34. The molecule has 1 aliphatic rings. The number of carbonyl (C=O) groups excluding carboxylic acids is 2. The summed E-state index contributed by atoms with van der Waals surface area (Å²) in [6.07, 6.45) is 0. The molecule has 3 aromatic rings. The number of nitrogens with one attached hydrogen (secondary N) is 1. The van der Waals surface area contributed by atoms with Gasteiger partial charge in [0.15, 0.2) is 0 Å². The van der Waals surface area contributed by atoms with Gasteiger partial charge >= 0.3 is 0 Å². The molecule has 0 aliphatic carbocycles. The van der Waals surface area contributed by atoms with Gasteiger partial charge in [-0.1, -0.05) is 44.2 Å². The third kappa shape index (κ3) is 4.26. The predicted octanol–water partition coefficient (Wildman–Crippen LogP) is 5.50. The Balaban J connectivity index is 1.65. The fourth-order valence-electron chi connectivity index (χ4n) is 3.80. The van der Waals surface area contributed by atoms with Crippen LogP contribution in [0.25, 0.3) is 10.8 Å². The van der Waals surface area contributed by atoms with Crippen molar-refractivity contribution in [1.82, 2.24) is 0 Å². The summed E-state index contributed by atoms with van der Waals surface area (Å²) in [7, 11) is 0. The Bertz CT molecular complexity index is 1150. The molecule has 0 bridgehead atoms. The van der Waals surface area contributed by atoms with Gasteiger partial charge in [0.1, 0.15) is 12.4 Å². The van der Waals surface area contributed by atoms with Crippen LogP contribution < -0.4 is 15.0 Å². The third-order valence-corrected chi connectivity index (χ3v) is 5.48. The lowest BCUT2D eigenvalue weighted by atomic mass is 9.92. The van der Waals surface area contributed by atoms with Gasteiger partial charge in [0, 0.05) is 17.8 Å². The summed E-state index contributed by atoms with van der Waals surface area (Å²) in [5.41, 5.74) is 1.28. The zero-order chi connectivity index (χ0) is 22.2. The number of ether oxygens (including phenoxy) is 1. The van der Waals surface area contributed by atoms with Crippen LogP contribution in [0.4, 0.5) is 11.4 Å². The third-order valence-electron chi connectivity index (χ3n) is 5.48. The Morgan fingerprint density at radius 2 is 1.81 bits per heavy atom. The topological polar surface area (TPSA) is 58.6 Å². The second-order valence-electron chi connectivity index (χ2n) is 9.18. The maximum atomic E-state index is 13.2. The number of hydrogen-bond donors (Lipinski definition) is 1. The van der Waals surface area contributed by atoms with Crippen molar-refractivity contribution in [2.75, 3.05) is 23.4 Å². The highest BCUT2D eigenvalue weighted by molar-refractivity contribution is 6.07. The highest BCUT2D eigenvalue weighted by Crippen LogP contribution is 2.38. The van der Waals surface area contributed by atoms with Crippen molar-refractivity contribution >= 4 is 34.0 Å². The van der Waals surface area contributed by atoms with Gasteiger partial charge in [-0.05, 0) is 60.9 Å². The number of amides is 2. The van der Waals surface area contributed by atoms with Gasteiger partial charge < -0.3 is 15.0 Å². The van der Waals surface area contributed by atoms with Crippen LogP contribution in [0.3, 0.4) is 0 Å². The van der Waals surface area contributed by atoms with Gasteiger partial charge in [-0.2, -0.15) is 0 Å². The summed E-state index contributed by atoms with van der Waals surface area (Å²) < 4.78 is 5.96. The Morgan fingerprint density at radius 3 is 2.55 bits per heavy atom. The van der Waals surface area contributed by atoms with Crippen molar-refractivity contribution in [2.45, 2.75) is 27.7 Å². The van der Waals surface area contributed by atoms with Gasteiger partial charge in [0.05, 0.1) is 11.1 Å². The van der Waals surface area contributed by atoms with Crippen molar-refractivity contribution in [3.63, 3.8) is 0 Å². The molecule has 0 saturated heterocycles. The minimum atomic E-state index is -0.623. The van der Waals surface area contributed by atoms with E-state index in [-0.39, 0.29) is 11.8 Å². The van der Waals surface area contributed by atoms with E-state index in [1.807, 2.05) is 74.5 Å². The number of benzene rings is 3. The first kappa shape index (κ1) is 20.9. The van der Waals surface area contributed by atoms with Crippen LogP contribution in [0, 0.1) is 11.3 Å². The zero-order valence-corrected chi connectivity index (χ0v) is 18.4. The van der Waals surface area contributed by atoms with E-state index in [4.69, 9.17) is 4.74 Å². The fourth-order valence-corrected chi connectivity index (χ4v) is 3.80. The minimum absolute atomic E-state index is 0.0259. The smallest absolute Gasteiger partial charge is 0.255 e. The molecule has 0 fully saturated rings. The van der Waals surface area contributed by atoms with E-state index >= 15 is 0 Å². The molecule has 0 radical (unpaired) electrons. The van der Waals surface area contributed by atoms with Crippen LogP contribution in [0.2, 0.25) is 0 Å². The molecule has 160 valence electrons. The Kier molecular flexibility index (Phi) is 5.44. The molecule has 0 saturated carbocycles. The van der Waals surface area contributed by atoms with Crippen LogP contribution in [-0.2, 0) is 4.79 Å². The molecule has 1 heterocycles. The van der Waals surface area contributed by atoms with Crippen LogP contribution in [0.15, 0.2) is 60.7 Å². The molecule has 1 N–H and O–H groups in total. The van der Waals surface area contributed by atoms with Crippen LogP contribution in [0.5, 0.6) is 5.75 Å². The van der Waals surface area contributed by atoms with Crippen molar-refractivity contribution in [1.29, 1.82) is 0 Å². The molecule has 3 aromatic carbocycles. The minimum Gasteiger partial charge on any atom is -0.490 e. The van der Waals surface area contributed by atoms with E-state index in [1.54, 1.807) is 4.90 Å². The second kappa shape index (κ2) is 8.06. The SMILES string of the molecule is CC(C)CN1C(=O)C(C)(C)COc2ccc(NC(=O)c3ccc4ccccc4c3)cc21. The van der Waals surface area contributed by atoms with Crippen molar-refractivity contribution in [3.05, 3.63) is 66.2 Å². The predicted molar refractivity (Wildman–Crippen MR) is 125 cm³/mol. The molecule has 5 nitrogen and oxygen atoms in total. The van der Waals surface area contributed by atoms with E-state index in [2.05, 4.69) is 19.2 Å². The molecule has 2 amide bonds. The molecule has 4 rings (SSSR count). The number of hydrogen-bond acceptors (Lipinski definition) is 3. The van der Waals surface area contributed by atoms with Gasteiger partial charge in [0.2, 0.25) is 5.91 Å². The number of carbonyl (C=O) groups is 2. The van der Waals surface area contributed by atoms with Gasteiger partial charge in [0.25, 0.3) is 5.91 Å². The first-order valence-electron chi connectivity index (χ1n) is 10.6. The monoisotopic (exact) mass is 416 g/mol. The summed E-state index contributed by atoms with van der Waals surface area (Å²) >= 11 is 0. The lowest BCUT2D eigenvalue weighted by Gasteiger charge is -2.29. The Labute approximate surface area is 183 Å². The summed E-state index contributed by atoms with van der Waals surface area (Å²) in [4.78, 5) is 27.9. The zero-order valence-electron chi connectivity index (χ0n) is 18.4.